The van der Waals surface area contributed by atoms with Crippen molar-refractivity contribution in [2.24, 2.45) is 27.5 Å². The lowest BCUT2D eigenvalue weighted by Gasteiger charge is -2.06. The van der Waals surface area contributed by atoms with Gasteiger partial charge in [0.25, 0.3) is 0 Å². The first-order valence-corrected chi connectivity index (χ1v) is 9.82. The van der Waals surface area contributed by atoms with Crippen LogP contribution in [-0.2, 0) is 7.05 Å². The molecule has 0 bridgehead atoms. The molecule has 0 saturated heterocycles. The molecule has 0 amide bonds. The third-order valence-corrected chi connectivity index (χ3v) is 5.04. The quantitative estimate of drug-likeness (QED) is 0.244. The van der Waals surface area contributed by atoms with Crippen molar-refractivity contribution in [1.82, 2.24) is 24.1 Å². The van der Waals surface area contributed by atoms with Gasteiger partial charge in [0.05, 0.1) is 11.7 Å². The zero-order valence-corrected chi connectivity index (χ0v) is 16.2. The molecule has 0 atom stereocenters. The molecule has 4 rings (SSSR count). The fourth-order valence-electron chi connectivity index (χ4n) is 2.42. The van der Waals surface area contributed by atoms with Crippen molar-refractivity contribution in [2.45, 2.75) is 5.16 Å². The van der Waals surface area contributed by atoms with Gasteiger partial charge in [0.15, 0.2) is 23.0 Å². The van der Waals surface area contributed by atoms with Crippen LogP contribution in [0.1, 0.15) is 0 Å². The molecule has 0 radical (unpaired) electrons. The number of H-pyrrole nitrogens is 1. The van der Waals surface area contributed by atoms with Crippen LogP contribution in [0.15, 0.2) is 50.1 Å². The fraction of sp³-hybridized carbons (Fsp3) is 0.133. The average Bonchev–Trinajstić information content (AvgIpc) is 3.43. The summed E-state index contributed by atoms with van der Waals surface area (Å²) in [5.41, 5.74) is 0.629. The van der Waals surface area contributed by atoms with E-state index in [2.05, 4.69) is 39.9 Å². The first-order chi connectivity index (χ1) is 13.6. The van der Waals surface area contributed by atoms with Crippen LogP contribution < -0.4 is 0 Å². The molecule has 4 aromatic rings. The number of nitrogens with one attached hydrogen (secondary N) is 1. The third kappa shape index (κ3) is 3.20. The van der Waals surface area contributed by atoms with Crippen molar-refractivity contribution < 1.29 is 10.2 Å². The van der Waals surface area contributed by atoms with Gasteiger partial charge in [-0.15, -0.1) is 20.5 Å². The van der Waals surface area contributed by atoms with Gasteiger partial charge in [0.1, 0.15) is 5.69 Å². The van der Waals surface area contributed by atoms with Crippen molar-refractivity contribution in [3.8, 4) is 11.5 Å². The van der Waals surface area contributed by atoms with Crippen molar-refractivity contribution in [3.63, 3.8) is 0 Å². The molecule has 0 aliphatic carbocycles. The van der Waals surface area contributed by atoms with Crippen LogP contribution in [-0.4, -0.2) is 40.6 Å². The minimum atomic E-state index is -0.461. The van der Waals surface area contributed by atoms with Gasteiger partial charge in [-0.05, 0) is 12.3 Å². The second-order valence-corrected chi connectivity index (χ2v) is 6.94. The molecular weight excluding hydrogens is 402 g/mol. The highest BCUT2D eigenvalue weighted by atomic mass is 32.2. The Morgan fingerprint density at radius 1 is 1.11 bits per heavy atom. The molecule has 1 aromatic carbocycles. The zero-order chi connectivity index (χ0) is 19.7. The SMILES string of the molecule is CSc1nsc(/N=N/c2c(O)c(O)c(/N=N/c3ccnn3C)c3[nH]ccc23)n1. The van der Waals surface area contributed by atoms with E-state index in [1.807, 2.05) is 6.26 Å². The van der Waals surface area contributed by atoms with E-state index in [0.717, 1.165) is 11.5 Å². The molecule has 13 heteroatoms. The maximum absolute atomic E-state index is 10.5. The number of fused-ring (bicyclic) bond motifs is 1. The number of benzene rings is 1. The zero-order valence-electron chi connectivity index (χ0n) is 14.6. The average molecular weight is 415 g/mol. The summed E-state index contributed by atoms with van der Waals surface area (Å²) in [4.78, 5) is 7.14. The summed E-state index contributed by atoms with van der Waals surface area (Å²) >= 11 is 2.48. The van der Waals surface area contributed by atoms with Gasteiger partial charge in [-0.25, -0.2) is 4.68 Å². The third-order valence-electron chi connectivity index (χ3n) is 3.77. The van der Waals surface area contributed by atoms with Gasteiger partial charge < -0.3 is 15.2 Å². The number of aromatic amines is 1. The monoisotopic (exact) mass is 415 g/mol. The molecule has 142 valence electrons. The first kappa shape index (κ1) is 18.1. The number of nitrogens with zero attached hydrogens (tertiary/aromatic N) is 8. The van der Waals surface area contributed by atoms with Gasteiger partial charge in [0, 0.05) is 36.2 Å². The topological polar surface area (TPSA) is 149 Å². The van der Waals surface area contributed by atoms with Gasteiger partial charge in [-0.2, -0.15) is 14.5 Å². The Morgan fingerprint density at radius 2 is 1.89 bits per heavy atom. The molecule has 0 aliphatic rings. The summed E-state index contributed by atoms with van der Waals surface area (Å²) in [6.07, 6.45) is 5.08. The lowest BCUT2D eigenvalue weighted by atomic mass is 10.1. The van der Waals surface area contributed by atoms with Crippen molar-refractivity contribution in [1.29, 1.82) is 0 Å². The van der Waals surface area contributed by atoms with Crippen LogP contribution >= 0.6 is 23.3 Å². The maximum atomic E-state index is 10.5. The number of hydrogen-bond acceptors (Lipinski definition) is 11. The number of hydrogen-bond donors (Lipinski definition) is 3. The Kier molecular flexibility index (Phi) is 4.75. The van der Waals surface area contributed by atoms with E-state index >= 15 is 0 Å². The summed E-state index contributed by atoms with van der Waals surface area (Å²) in [5.74, 6) is -0.426. The van der Waals surface area contributed by atoms with Crippen LogP contribution in [0.4, 0.5) is 22.3 Å². The summed E-state index contributed by atoms with van der Waals surface area (Å²) < 4.78 is 5.62. The minimum absolute atomic E-state index is 0.0817. The van der Waals surface area contributed by atoms with Gasteiger partial charge in [-0.3, -0.25) is 0 Å². The number of rotatable bonds is 5. The van der Waals surface area contributed by atoms with Crippen LogP contribution in [0.3, 0.4) is 0 Å². The van der Waals surface area contributed by atoms with Crippen LogP contribution in [0.5, 0.6) is 11.5 Å². The Morgan fingerprint density at radius 3 is 2.61 bits per heavy atom. The fourth-order valence-corrected chi connectivity index (χ4v) is 3.47. The molecule has 3 N–H and O–H groups in total. The lowest BCUT2D eigenvalue weighted by Crippen LogP contribution is -1.87. The smallest absolute Gasteiger partial charge is 0.250 e. The number of thioether (sulfide) groups is 1. The normalized spacial score (nSPS) is 12.1. The Labute approximate surface area is 166 Å². The highest BCUT2D eigenvalue weighted by Gasteiger charge is 2.20. The molecule has 0 unspecified atom stereocenters. The van der Waals surface area contributed by atoms with Crippen molar-refractivity contribution in [2.75, 3.05) is 6.26 Å². The summed E-state index contributed by atoms with van der Waals surface area (Å²) in [5, 5.41) is 42.6. The predicted octanol–water partition coefficient (Wildman–Crippen LogP) is 4.72. The summed E-state index contributed by atoms with van der Waals surface area (Å²) in [7, 11) is 1.72. The number of azo groups is 2. The first-order valence-electron chi connectivity index (χ1n) is 7.82. The second-order valence-electron chi connectivity index (χ2n) is 5.44. The van der Waals surface area contributed by atoms with Crippen LogP contribution in [0.2, 0.25) is 0 Å². The highest BCUT2D eigenvalue weighted by molar-refractivity contribution is 7.98. The van der Waals surface area contributed by atoms with Crippen molar-refractivity contribution >= 4 is 56.5 Å². The van der Waals surface area contributed by atoms with Gasteiger partial charge in [0.2, 0.25) is 10.3 Å². The molecule has 0 fully saturated rings. The minimum Gasteiger partial charge on any atom is -0.503 e. The second kappa shape index (κ2) is 7.36. The number of phenols is 2. The number of aryl methyl sites for hydroxylation is 1. The van der Waals surface area contributed by atoms with E-state index in [1.165, 1.54) is 16.4 Å². The maximum Gasteiger partial charge on any atom is 0.250 e. The molecule has 3 aromatic heterocycles. The number of aromatic nitrogens is 5. The van der Waals surface area contributed by atoms with Crippen LogP contribution in [0, 0.1) is 0 Å². The van der Waals surface area contributed by atoms with Gasteiger partial charge >= 0.3 is 0 Å². The van der Waals surface area contributed by atoms with E-state index < -0.39 is 11.5 Å². The molecular formula is C15H13N9O2S2. The van der Waals surface area contributed by atoms with Crippen LogP contribution in [0.25, 0.3) is 10.9 Å². The molecule has 0 spiro atoms. The highest BCUT2D eigenvalue weighted by Crippen LogP contribution is 2.50. The van der Waals surface area contributed by atoms with E-state index in [1.54, 1.807) is 31.6 Å². The summed E-state index contributed by atoms with van der Waals surface area (Å²) in [6, 6.07) is 3.36. The van der Waals surface area contributed by atoms with E-state index in [9.17, 15) is 10.2 Å². The van der Waals surface area contributed by atoms with E-state index in [4.69, 9.17) is 0 Å². The molecule has 0 aliphatic heterocycles. The molecule has 3 heterocycles. The molecule has 11 nitrogen and oxygen atoms in total. The van der Waals surface area contributed by atoms with Gasteiger partial charge in [-0.1, -0.05) is 11.8 Å². The van der Waals surface area contributed by atoms with E-state index in [-0.39, 0.29) is 11.4 Å². The standard InChI is InChI=1S/C15H13N9O2S2/c1-24-8(4-6-17-24)19-21-11-9-7(3-5-16-9)10(12(25)13(11)26)20-22-14-18-15(27-2)23-28-14/h3-6,16,25-26H,1-2H3/b21-19+,22-20+. The Balaban J connectivity index is 1.78. The van der Waals surface area contributed by atoms with Crippen molar-refractivity contribution in [3.05, 3.63) is 24.5 Å². The van der Waals surface area contributed by atoms with E-state index in [0.29, 0.717) is 27.0 Å². The number of phenolic OH excluding ortho intramolecular Hbond substituents is 2. The largest absolute Gasteiger partial charge is 0.503 e. The lowest BCUT2D eigenvalue weighted by molar-refractivity contribution is 0.406. The number of aromatic hydroxyl groups is 2. The Bertz CT molecular complexity index is 1210. The molecule has 0 saturated carbocycles. The predicted molar refractivity (Wildman–Crippen MR) is 105 cm³/mol. The summed E-state index contributed by atoms with van der Waals surface area (Å²) in [6.45, 7) is 0. The molecule has 28 heavy (non-hydrogen) atoms. The Hall–Kier alpha value is -3.32.